The largest absolute Gasteiger partial charge is 0.496 e. The van der Waals surface area contributed by atoms with Crippen LogP contribution in [0.25, 0.3) is 17.2 Å². The number of carbonyl (C=O) groups is 2. The smallest absolute Gasteiger partial charge is 0.290 e. The molecule has 31 heavy (non-hydrogen) atoms. The lowest BCUT2D eigenvalue weighted by molar-refractivity contribution is -0.115. The third kappa shape index (κ3) is 3.91. The Bertz CT molecular complexity index is 1130. The summed E-state index contributed by atoms with van der Waals surface area (Å²) in [6.45, 7) is 11.5. The normalized spacial score (nSPS) is 20.5. The van der Waals surface area contributed by atoms with Crippen LogP contribution in [0.4, 0.5) is 4.79 Å². The summed E-state index contributed by atoms with van der Waals surface area (Å²) < 4.78 is 5.70. The number of imide groups is 1. The molecular weight excluding hydrogens is 406 g/mol. The van der Waals surface area contributed by atoms with Gasteiger partial charge in [-0.2, -0.15) is 0 Å². The number of carbonyl (C=O) groups excluding carboxylic acids is 2. The van der Waals surface area contributed by atoms with Crippen LogP contribution in [0.3, 0.4) is 0 Å². The van der Waals surface area contributed by atoms with E-state index in [0.29, 0.717) is 4.91 Å². The quantitative estimate of drug-likeness (QED) is 0.571. The summed E-state index contributed by atoms with van der Waals surface area (Å²) in [4.78, 5) is 23.9. The van der Waals surface area contributed by atoms with E-state index in [1.165, 1.54) is 23.1 Å². The van der Waals surface area contributed by atoms with Crippen molar-refractivity contribution >= 4 is 29.0 Å². The molecule has 2 aromatic rings. The number of amides is 2. The predicted molar refractivity (Wildman–Crippen MR) is 128 cm³/mol. The molecule has 4 rings (SSSR count). The molecule has 0 atom stereocenters. The number of thioether (sulfide) groups is 1. The Morgan fingerprint density at radius 3 is 2.19 bits per heavy atom. The number of ether oxygens (including phenoxy) is 1. The lowest BCUT2D eigenvalue weighted by atomic mass is 9.62. The summed E-state index contributed by atoms with van der Waals surface area (Å²) in [7, 11) is 1.68. The second-order valence-corrected chi connectivity index (χ2v) is 10.8. The Labute approximate surface area is 188 Å². The van der Waals surface area contributed by atoms with Gasteiger partial charge in [-0.25, -0.2) is 0 Å². The Balaban J connectivity index is 1.87. The van der Waals surface area contributed by atoms with Crippen molar-refractivity contribution in [1.82, 2.24) is 5.32 Å². The van der Waals surface area contributed by atoms with E-state index in [1.54, 1.807) is 13.2 Å². The Morgan fingerprint density at radius 1 is 0.968 bits per heavy atom. The highest BCUT2D eigenvalue weighted by Crippen LogP contribution is 2.48. The summed E-state index contributed by atoms with van der Waals surface area (Å²) in [5.41, 5.74) is 7.29. The van der Waals surface area contributed by atoms with Gasteiger partial charge in [0.05, 0.1) is 12.0 Å². The van der Waals surface area contributed by atoms with E-state index in [1.807, 2.05) is 18.2 Å². The molecule has 1 saturated heterocycles. The second-order valence-electron chi connectivity index (χ2n) is 9.79. The summed E-state index contributed by atoms with van der Waals surface area (Å²) in [5, 5.41) is 1.98. The van der Waals surface area contributed by atoms with Crippen molar-refractivity contribution in [2.75, 3.05) is 7.11 Å². The maximum atomic E-state index is 12.0. The maximum Gasteiger partial charge on any atom is 0.290 e. The Kier molecular flexibility index (Phi) is 5.29. The Hall–Kier alpha value is -2.53. The molecular formula is C26H29NO3S. The number of methoxy groups -OCH3 is 1. The first kappa shape index (κ1) is 21.7. The predicted octanol–water partition coefficient (Wildman–Crippen LogP) is 6.34. The summed E-state index contributed by atoms with van der Waals surface area (Å²) >= 11 is 0.932. The zero-order chi connectivity index (χ0) is 22.6. The fourth-order valence-corrected chi connectivity index (χ4v) is 5.29. The van der Waals surface area contributed by atoms with Crippen LogP contribution >= 0.6 is 11.8 Å². The van der Waals surface area contributed by atoms with Gasteiger partial charge >= 0.3 is 0 Å². The van der Waals surface area contributed by atoms with Crippen molar-refractivity contribution in [3.8, 4) is 16.9 Å². The SMILES string of the molecule is COc1ccc(/C=C2/SC(=O)NC2=O)cc1-c1cc2c(cc1C)C(C)(C)CCC2(C)C. The van der Waals surface area contributed by atoms with Crippen LogP contribution in [0.5, 0.6) is 5.75 Å². The van der Waals surface area contributed by atoms with E-state index in [0.717, 1.165) is 40.6 Å². The first-order valence-corrected chi connectivity index (χ1v) is 11.4. The zero-order valence-electron chi connectivity index (χ0n) is 19.0. The van der Waals surface area contributed by atoms with E-state index < -0.39 is 0 Å². The first-order chi connectivity index (χ1) is 14.5. The molecule has 1 aliphatic heterocycles. The van der Waals surface area contributed by atoms with Gasteiger partial charge in [-0.15, -0.1) is 0 Å². The number of rotatable bonds is 3. The number of benzene rings is 2. The molecule has 1 heterocycles. The molecule has 0 saturated carbocycles. The van der Waals surface area contributed by atoms with Crippen LogP contribution in [-0.2, 0) is 15.6 Å². The molecule has 2 aromatic carbocycles. The van der Waals surface area contributed by atoms with E-state index in [4.69, 9.17) is 4.74 Å². The highest BCUT2D eigenvalue weighted by molar-refractivity contribution is 8.18. The topological polar surface area (TPSA) is 55.4 Å². The van der Waals surface area contributed by atoms with E-state index >= 15 is 0 Å². The summed E-state index contributed by atoms with van der Waals surface area (Å²) in [6, 6.07) is 10.6. The minimum atomic E-state index is -0.346. The number of hydrogen-bond acceptors (Lipinski definition) is 4. The third-order valence-electron chi connectivity index (χ3n) is 6.65. The molecule has 2 aliphatic rings. The van der Waals surface area contributed by atoms with Crippen molar-refractivity contribution in [2.24, 2.45) is 0 Å². The minimum absolute atomic E-state index is 0.110. The van der Waals surface area contributed by atoms with Crippen molar-refractivity contribution < 1.29 is 14.3 Å². The van der Waals surface area contributed by atoms with Gasteiger partial charge in [0.25, 0.3) is 11.1 Å². The molecule has 0 spiro atoms. The molecule has 1 N–H and O–H groups in total. The molecule has 0 bridgehead atoms. The van der Waals surface area contributed by atoms with Crippen LogP contribution in [0.2, 0.25) is 0 Å². The number of nitrogens with one attached hydrogen (secondary N) is 1. The van der Waals surface area contributed by atoms with Crippen LogP contribution in [0.1, 0.15) is 62.8 Å². The van der Waals surface area contributed by atoms with Crippen molar-refractivity contribution in [2.45, 2.75) is 58.3 Å². The molecule has 1 aliphatic carbocycles. The highest BCUT2D eigenvalue weighted by Gasteiger charge is 2.37. The summed E-state index contributed by atoms with van der Waals surface area (Å²) in [6.07, 6.45) is 4.09. The average Bonchev–Trinajstić information content (AvgIpc) is 3.02. The van der Waals surface area contributed by atoms with Gasteiger partial charge in [-0.05, 0) is 94.4 Å². The van der Waals surface area contributed by atoms with Gasteiger partial charge in [0.2, 0.25) is 0 Å². The molecule has 162 valence electrons. The maximum absolute atomic E-state index is 12.0. The number of fused-ring (bicyclic) bond motifs is 1. The molecule has 5 heteroatoms. The average molecular weight is 436 g/mol. The fourth-order valence-electron chi connectivity index (χ4n) is 4.61. The molecule has 4 nitrogen and oxygen atoms in total. The standard InChI is InChI=1S/C26H29NO3S/c1-15-11-19-20(26(4,5)10-9-25(19,2)3)14-17(15)18-12-16(7-8-21(18)30-6)13-22-23(28)27-24(29)31-22/h7-8,11-14H,9-10H2,1-6H3,(H,27,28,29)/b22-13+. The lowest BCUT2D eigenvalue weighted by Crippen LogP contribution is -2.34. The number of aryl methyl sites for hydroxylation is 1. The van der Waals surface area contributed by atoms with Crippen LogP contribution in [0.15, 0.2) is 35.2 Å². The fraction of sp³-hybridized carbons (Fsp3) is 0.385. The van der Waals surface area contributed by atoms with Gasteiger partial charge < -0.3 is 4.74 Å². The van der Waals surface area contributed by atoms with Gasteiger partial charge in [0, 0.05) is 5.56 Å². The van der Waals surface area contributed by atoms with Crippen LogP contribution in [-0.4, -0.2) is 18.3 Å². The minimum Gasteiger partial charge on any atom is -0.496 e. The van der Waals surface area contributed by atoms with Crippen molar-refractivity contribution in [3.05, 3.63) is 57.5 Å². The monoisotopic (exact) mass is 435 g/mol. The number of hydrogen-bond donors (Lipinski definition) is 1. The molecule has 2 amide bonds. The molecule has 0 radical (unpaired) electrons. The third-order valence-corrected chi connectivity index (χ3v) is 7.46. The van der Waals surface area contributed by atoms with E-state index in [2.05, 4.69) is 52.1 Å². The van der Waals surface area contributed by atoms with Gasteiger partial charge in [-0.3, -0.25) is 14.9 Å². The van der Waals surface area contributed by atoms with Gasteiger partial charge in [0.15, 0.2) is 0 Å². The lowest BCUT2D eigenvalue weighted by Gasteiger charge is -2.42. The first-order valence-electron chi connectivity index (χ1n) is 10.6. The van der Waals surface area contributed by atoms with Gasteiger partial charge in [0.1, 0.15) is 5.75 Å². The highest BCUT2D eigenvalue weighted by atomic mass is 32.2. The van der Waals surface area contributed by atoms with E-state index in [-0.39, 0.29) is 22.0 Å². The Morgan fingerprint density at radius 2 is 1.61 bits per heavy atom. The van der Waals surface area contributed by atoms with Crippen molar-refractivity contribution in [1.29, 1.82) is 0 Å². The van der Waals surface area contributed by atoms with E-state index in [9.17, 15) is 9.59 Å². The van der Waals surface area contributed by atoms with Crippen LogP contribution in [0, 0.1) is 6.92 Å². The second kappa shape index (κ2) is 7.56. The zero-order valence-corrected chi connectivity index (χ0v) is 19.8. The molecule has 0 aromatic heterocycles. The molecule has 1 fully saturated rings. The van der Waals surface area contributed by atoms with Crippen molar-refractivity contribution in [3.63, 3.8) is 0 Å². The summed E-state index contributed by atoms with van der Waals surface area (Å²) in [5.74, 6) is 0.444. The van der Waals surface area contributed by atoms with Crippen LogP contribution < -0.4 is 10.1 Å². The van der Waals surface area contributed by atoms with Gasteiger partial charge in [-0.1, -0.05) is 39.8 Å². The molecule has 0 unspecified atom stereocenters.